The zero-order valence-corrected chi connectivity index (χ0v) is 10.9. The third kappa shape index (κ3) is 3.35. The summed E-state index contributed by atoms with van der Waals surface area (Å²) in [6.45, 7) is 0.784. The quantitative estimate of drug-likeness (QED) is 0.834. The average molecular weight is 267 g/mol. The van der Waals surface area contributed by atoms with Crippen molar-refractivity contribution >= 4 is 29.0 Å². The van der Waals surface area contributed by atoms with E-state index in [2.05, 4.69) is 9.88 Å². The largest absolute Gasteiger partial charge is 0.355 e. The molecule has 0 fully saturated rings. The van der Waals surface area contributed by atoms with Crippen LogP contribution in [0.1, 0.15) is 5.56 Å². The number of benzene rings is 1. The van der Waals surface area contributed by atoms with Crippen molar-refractivity contribution in [2.75, 3.05) is 11.9 Å². The lowest BCUT2D eigenvalue weighted by Gasteiger charge is -2.18. The Morgan fingerprint density at radius 1 is 1.00 bits per heavy atom. The summed E-state index contributed by atoms with van der Waals surface area (Å²) in [5.74, 6) is 0.893. The molecular formula is C13H12Cl2N2. The van der Waals surface area contributed by atoms with E-state index in [4.69, 9.17) is 23.2 Å². The lowest BCUT2D eigenvalue weighted by atomic mass is 10.2. The molecule has 0 atom stereocenters. The summed E-state index contributed by atoms with van der Waals surface area (Å²) in [7, 11) is 1.99. The Bertz CT molecular complexity index is 480. The molecule has 0 aliphatic rings. The Hall–Kier alpha value is -1.25. The highest BCUT2D eigenvalue weighted by Crippen LogP contribution is 2.16. The second-order valence-electron chi connectivity index (χ2n) is 3.82. The number of anilines is 1. The lowest BCUT2D eigenvalue weighted by Crippen LogP contribution is -2.17. The maximum absolute atomic E-state index is 5.84. The molecule has 0 spiro atoms. The molecule has 1 heterocycles. The van der Waals surface area contributed by atoms with Crippen molar-refractivity contribution in [3.05, 3.63) is 58.2 Å². The molecule has 2 rings (SSSR count). The normalized spacial score (nSPS) is 10.3. The van der Waals surface area contributed by atoms with Gasteiger partial charge in [-0.15, -0.1) is 0 Å². The van der Waals surface area contributed by atoms with Crippen LogP contribution in [-0.2, 0) is 6.54 Å². The van der Waals surface area contributed by atoms with E-state index < -0.39 is 0 Å². The summed E-state index contributed by atoms with van der Waals surface area (Å²) in [5, 5.41) is 1.40. The molecule has 0 unspecified atom stereocenters. The minimum Gasteiger partial charge on any atom is -0.355 e. The van der Waals surface area contributed by atoms with Crippen molar-refractivity contribution in [2.24, 2.45) is 0 Å². The maximum Gasteiger partial charge on any atom is 0.128 e. The number of hydrogen-bond donors (Lipinski definition) is 0. The molecule has 4 heteroatoms. The smallest absolute Gasteiger partial charge is 0.128 e. The first-order valence-electron chi connectivity index (χ1n) is 5.22. The van der Waals surface area contributed by atoms with Crippen LogP contribution in [0.5, 0.6) is 0 Å². The molecule has 0 amide bonds. The number of pyridine rings is 1. The summed E-state index contributed by atoms with van der Waals surface area (Å²) in [6.07, 6.45) is 1.65. The van der Waals surface area contributed by atoms with E-state index in [1.807, 2.05) is 43.4 Å². The average Bonchev–Trinajstić information content (AvgIpc) is 2.33. The van der Waals surface area contributed by atoms with Gasteiger partial charge in [-0.2, -0.15) is 0 Å². The molecule has 0 saturated heterocycles. The van der Waals surface area contributed by atoms with Gasteiger partial charge in [-0.05, 0) is 29.8 Å². The van der Waals surface area contributed by atoms with Crippen molar-refractivity contribution in [3.8, 4) is 0 Å². The van der Waals surface area contributed by atoms with Crippen LogP contribution in [0.25, 0.3) is 0 Å². The van der Waals surface area contributed by atoms with E-state index >= 15 is 0 Å². The van der Waals surface area contributed by atoms with Crippen LogP contribution >= 0.6 is 23.2 Å². The molecular weight excluding hydrogens is 255 g/mol. The van der Waals surface area contributed by atoms with Gasteiger partial charge in [0.25, 0.3) is 0 Å². The van der Waals surface area contributed by atoms with Gasteiger partial charge < -0.3 is 4.90 Å². The molecule has 0 N–H and O–H groups in total. The van der Waals surface area contributed by atoms with Crippen LogP contribution < -0.4 is 4.90 Å². The molecule has 88 valence electrons. The Labute approximate surface area is 111 Å². The van der Waals surface area contributed by atoms with E-state index in [1.54, 1.807) is 6.20 Å². The van der Waals surface area contributed by atoms with Gasteiger partial charge in [0.1, 0.15) is 5.82 Å². The van der Waals surface area contributed by atoms with E-state index in [1.165, 1.54) is 5.56 Å². The molecule has 0 bridgehead atoms. The third-order valence-electron chi connectivity index (χ3n) is 2.44. The molecule has 17 heavy (non-hydrogen) atoms. The minimum atomic E-state index is 0.647. The van der Waals surface area contributed by atoms with Crippen LogP contribution in [-0.4, -0.2) is 12.0 Å². The number of rotatable bonds is 3. The van der Waals surface area contributed by atoms with E-state index in [0.29, 0.717) is 5.02 Å². The van der Waals surface area contributed by atoms with Crippen LogP contribution in [0.3, 0.4) is 0 Å². The molecule has 1 aromatic heterocycles. The summed E-state index contributed by atoms with van der Waals surface area (Å²) in [5.41, 5.74) is 1.19. The zero-order chi connectivity index (χ0) is 12.3. The SMILES string of the molecule is CN(Cc1ccc(Cl)cc1)c1ccc(Cl)cn1. The summed E-state index contributed by atoms with van der Waals surface area (Å²) in [6, 6.07) is 11.5. The first-order valence-corrected chi connectivity index (χ1v) is 5.98. The Morgan fingerprint density at radius 2 is 1.65 bits per heavy atom. The van der Waals surface area contributed by atoms with Crippen LogP contribution in [0.15, 0.2) is 42.6 Å². The highest BCUT2D eigenvalue weighted by Gasteiger charge is 2.03. The van der Waals surface area contributed by atoms with Crippen molar-refractivity contribution in [1.82, 2.24) is 4.98 Å². The molecule has 2 nitrogen and oxygen atoms in total. The van der Waals surface area contributed by atoms with Gasteiger partial charge >= 0.3 is 0 Å². The van der Waals surface area contributed by atoms with Crippen LogP contribution in [0.4, 0.5) is 5.82 Å². The lowest BCUT2D eigenvalue weighted by molar-refractivity contribution is 0.898. The van der Waals surface area contributed by atoms with E-state index in [-0.39, 0.29) is 0 Å². The Kier molecular flexibility index (Phi) is 3.87. The predicted octanol–water partition coefficient (Wildman–Crippen LogP) is 4.02. The van der Waals surface area contributed by atoms with Crippen molar-refractivity contribution < 1.29 is 0 Å². The fourth-order valence-corrected chi connectivity index (χ4v) is 1.78. The molecule has 0 radical (unpaired) electrons. The zero-order valence-electron chi connectivity index (χ0n) is 9.40. The number of hydrogen-bond acceptors (Lipinski definition) is 2. The summed E-state index contributed by atoms with van der Waals surface area (Å²) >= 11 is 11.6. The van der Waals surface area contributed by atoms with Crippen LogP contribution in [0.2, 0.25) is 10.0 Å². The summed E-state index contributed by atoms with van der Waals surface area (Å²) in [4.78, 5) is 6.31. The molecule has 0 saturated carbocycles. The van der Waals surface area contributed by atoms with Gasteiger partial charge in [-0.3, -0.25) is 0 Å². The maximum atomic E-state index is 5.84. The fourth-order valence-electron chi connectivity index (χ4n) is 1.54. The monoisotopic (exact) mass is 266 g/mol. The fraction of sp³-hybridized carbons (Fsp3) is 0.154. The van der Waals surface area contributed by atoms with Gasteiger partial charge in [0.15, 0.2) is 0 Å². The van der Waals surface area contributed by atoms with Crippen molar-refractivity contribution in [2.45, 2.75) is 6.54 Å². The third-order valence-corrected chi connectivity index (χ3v) is 2.91. The van der Waals surface area contributed by atoms with Crippen molar-refractivity contribution in [3.63, 3.8) is 0 Å². The van der Waals surface area contributed by atoms with Gasteiger partial charge in [0.05, 0.1) is 5.02 Å². The van der Waals surface area contributed by atoms with E-state index in [0.717, 1.165) is 17.4 Å². The van der Waals surface area contributed by atoms with E-state index in [9.17, 15) is 0 Å². The number of aromatic nitrogens is 1. The molecule has 2 aromatic rings. The van der Waals surface area contributed by atoms with Gasteiger partial charge in [-0.1, -0.05) is 35.3 Å². The van der Waals surface area contributed by atoms with Gasteiger partial charge in [0.2, 0.25) is 0 Å². The van der Waals surface area contributed by atoms with Crippen LogP contribution in [0, 0.1) is 0 Å². The predicted molar refractivity (Wildman–Crippen MR) is 72.8 cm³/mol. The number of nitrogens with zero attached hydrogens (tertiary/aromatic N) is 2. The minimum absolute atomic E-state index is 0.647. The van der Waals surface area contributed by atoms with Gasteiger partial charge in [-0.25, -0.2) is 4.98 Å². The Morgan fingerprint density at radius 3 is 2.24 bits per heavy atom. The molecule has 0 aliphatic heterocycles. The highest BCUT2D eigenvalue weighted by molar-refractivity contribution is 6.30. The first-order chi connectivity index (χ1) is 8.15. The second-order valence-corrected chi connectivity index (χ2v) is 4.69. The van der Waals surface area contributed by atoms with Crippen molar-refractivity contribution in [1.29, 1.82) is 0 Å². The first kappa shape index (κ1) is 12.2. The standard InChI is InChI=1S/C13H12Cl2N2/c1-17(13-7-6-12(15)8-16-13)9-10-2-4-11(14)5-3-10/h2-8H,9H2,1H3. The number of halogens is 2. The topological polar surface area (TPSA) is 16.1 Å². The highest BCUT2D eigenvalue weighted by atomic mass is 35.5. The summed E-state index contributed by atoms with van der Waals surface area (Å²) < 4.78 is 0. The Balaban J connectivity index is 2.08. The van der Waals surface area contributed by atoms with Gasteiger partial charge in [0, 0.05) is 24.8 Å². The molecule has 1 aromatic carbocycles. The molecule has 0 aliphatic carbocycles. The second kappa shape index (κ2) is 5.39.